The van der Waals surface area contributed by atoms with E-state index in [1.165, 1.54) is 0 Å². The van der Waals surface area contributed by atoms with Crippen molar-refractivity contribution in [2.45, 2.75) is 13.8 Å². The van der Waals surface area contributed by atoms with Crippen LogP contribution in [0, 0.1) is 5.41 Å². The van der Waals surface area contributed by atoms with Gasteiger partial charge in [0.2, 0.25) is 0 Å². The number of rotatable bonds is 6. The SMILES string of the molecule is C=C(N)/C=C\C(=C)C(C)(C)C(=C)/C=C\C(=C)N. The minimum absolute atomic E-state index is 0.266. The number of allylic oxidation sites excluding steroid dienone is 6. The Hall–Kier alpha value is -1.96. The second-order valence-corrected chi connectivity index (χ2v) is 4.49. The lowest BCUT2D eigenvalue weighted by molar-refractivity contribution is 0.570. The fourth-order valence-corrected chi connectivity index (χ4v) is 1.04. The molecule has 92 valence electrons. The van der Waals surface area contributed by atoms with Crippen LogP contribution in [0.4, 0.5) is 0 Å². The molecule has 0 fully saturated rings. The van der Waals surface area contributed by atoms with Gasteiger partial charge >= 0.3 is 0 Å². The predicted molar refractivity (Wildman–Crippen MR) is 77.0 cm³/mol. The van der Waals surface area contributed by atoms with Crippen molar-refractivity contribution in [3.63, 3.8) is 0 Å². The quantitative estimate of drug-likeness (QED) is 0.688. The molecule has 0 bridgehead atoms. The Bertz CT molecular complexity index is 369. The predicted octanol–water partition coefficient (Wildman–Crippen LogP) is 3.18. The Balaban J connectivity index is 4.88. The minimum Gasteiger partial charge on any atom is -0.399 e. The van der Waals surface area contributed by atoms with Crippen LogP contribution in [-0.2, 0) is 0 Å². The molecule has 0 atom stereocenters. The van der Waals surface area contributed by atoms with Crippen molar-refractivity contribution in [2.24, 2.45) is 16.9 Å². The summed E-state index contributed by atoms with van der Waals surface area (Å²) >= 11 is 0. The third-order valence-corrected chi connectivity index (χ3v) is 2.60. The smallest absolute Gasteiger partial charge is 0.0241 e. The van der Waals surface area contributed by atoms with Crippen molar-refractivity contribution in [1.29, 1.82) is 0 Å². The molecule has 0 aliphatic heterocycles. The lowest BCUT2D eigenvalue weighted by atomic mass is 9.78. The maximum absolute atomic E-state index is 5.47. The third-order valence-electron chi connectivity index (χ3n) is 2.60. The van der Waals surface area contributed by atoms with Gasteiger partial charge in [-0.1, -0.05) is 52.3 Å². The van der Waals surface area contributed by atoms with Crippen molar-refractivity contribution in [3.05, 3.63) is 73.2 Å². The zero-order chi connectivity index (χ0) is 13.6. The van der Waals surface area contributed by atoms with Crippen molar-refractivity contribution in [2.75, 3.05) is 0 Å². The molecule has 0 heterocycles. The normalized spacial score (nSPS) is 11.9. The Labute approximate surface area is 104 Å². The van der Waals surface area contributed by atoms with Crippen molar-refractivity contribution < 1.29 is 0 Å². The summed E-state index contributed by atoms with van der Waals surface area (Å²) in [5.41, 5.74) is 13.5. The summed E-state index contributed by atoms with van der Waals surface area (Å²) in [6, 6.07) is 0. The molecule has 0 amide bonds. The molecule has 2 nitrogen and oxygen atoms in total. The van der Waals surface area contributed by atoms with Gasteiger partial charge in [-0.15, -0.1) is 0 Å². The highest BCUT2D eigenvalue weighted by atomic mass is 14.5. The average molecular weight is 230 g/mol. The number of hydrogen-bond donors (Lipinski definition) is 2. The van der Waals surface area contributed by atoms with Crippen molar-refractivity contribution in [1.82, 2.24) is 0 Å². The molecule has 0 aromatic rings. The lowest BCUT2D eigenvalue weighted by Crippen LogP contribution is -2.14. The van der Waals surface area contributed by atoms with Crippen LogP contribution in [0.15, 0.2) is 73.2 Å². The minimum atomic E-state index is -0.266. The first-order valence-electron chi connectivity index (χ1n) is 5.31. The van der Waals surface area contributed by atoms with Gasteiger partial charge in [-0.05, 0) is 23.3 Å². The lowest BCUT2D eigenvalue weighted by Gasteiger charge is -2.26. The van der Waals surface area contributed by atoms with E-state index < -0.39 is 0 Å². The van der Waals surface area contributed by atoms with E-state index in [9.17, 15) is 0 Å². The van der Waals surface area contributed by atoms with E-state index in [0.717, 1.165) is 11.1 Å². The van der Waals surface area contributed by atoms with Crippen LogP contribution in [0.25, 0.3) is 0 Å². The van der Waals surface area contributed by atoms with Crippen LogP contribution in [0.2, 0.25) is 0 Å². The molecule has 0 unspecified atom stereocenters. The molecule has 17 heavy (non-hydrogen) atoms. The zero-order valence-corrected chi connectivity index (χ0v) is 10.8. The molecule has 0 aromatic carbocycles. The third kappa shape index (κ3) is 5.07. The van der Waals surface area contributed by atoms with Gasteiger partial charge in [-0.25, -0.2) is 0 Å². The van der Waals surface area contributed by atoms with Gasteiger partial charge in [-0.3, -0.25) is 0 Å². The van der Waals surface area contributed by atoms with Crippen LogP contribution >= 0.6 is 0 Å². The van der Waals surface area contributed by atoms with Gasteiger partial charge in [0.1, 0.15) is 0 Å². The van der Waals surface area contributed by atoms with Crippen molar-refractivity contribution in [3.8, 4) is 0 Å². The Kier molecular flexibility index (Phi) is 5.26. The highest BCUT2D eigenvalue weighted by molar-refractivity contribution is 5.39. The van der Waals surface area contributed by atoms with E-state index in [-0.39, 0.29) is 5.41 Å². The first-order chi connectivity index (χ1) is 7.67. The summed E-state index contributed by atoms with van der Waals surface area (Å²) in [4.78, 5) is 0. The first kappa shape index (κ1) is 15.0. The molecule has 0 aliphatic rings. The van der Waals surface area contributed by atoms with E-state index in [2.05, 4.69) is 26.3 Å². The molecule has 0 radical (unpaired) electrons. The highest BCUT2D eigenvalue weighted by Gasteiger charge is 2.21. The fraction of sp³-hybridized carbons (Fsp3) is 0.200. The van der Waals surface area contributed by atoms with E-state index in [4.69, 9.17) is 11.5 Å². The summed E-state index contributed by atoms with van der Waals surface area (Å²) in [5, 5.41) is 0. The monoisotopic (exact) mass is 230 g/mol. The highest BCUT2D eigenvalue weighted by Crippen LogP contribution is 2.34. The molecule has 4 N–H and O–H groups in total. The van der Waals surface area contributed by atoms with Gasteiger partial charge in [-0.2, -0.15) is 0 Å². The van der Waals surface area contributed by atoms with Crippen LogP contribution < -0.4 is 11.5 Å². The summed E-state index contributed by atoms with van der Waals surface area (Å²) in [6.45, 7) is 19.3. The van der Waals surface area contributed by atoms with Crippen LogP contribution in [0.5, 0.6) is 0 Å². The number of nitrogens with two attached hydrogens (primary N) is 2. The summed E-state index contributed by atoms with van der Waals surface area (Å²) in [7, 11) is 0. The van der Waals surface area contributed by atoms with Crippen molar-refractivity contribution >= 4 is 0 Å². The van der Waals surface area contributed by atoms with Crippen LogP contribution in [-0.4, -0.2) is 0 Å². The van der Waals surface area contributed by atoms with E-state index in [0.29, 0.717) is 11.4 Å². The fourth-order valence-electron chi connectivity index (χ4n) is 1.04. The largest absolute Gasteiger partial charge is 0.399 e. The van der Waals surface area contributed by atoms with Crippen LogP contribution in [0.1, 0.15) is 13.8 Å². The Morgan fingerprint density at radius 2 is 1.06 bits per heavy atom. The molecule has 0 rings (SSSR count). The maximum atomic E-state index is 5.47. The average Bonchev–Trinajstić information content (AvgIpc) is 2.21. The van der Waals surface area contributed by atoms with Gasteiger partial charge in [0.05, 0.1) is 0 Å². The molecule has 0 saturated heterocycles. The standard InChI is InChI=1S/C15H22N2/c1-11(7-9-13(3)16)15(5,6)12(2)8-10-14(4)17/h7-10H,1-4,16-17H2,5-6H3/b9-7-,10-8-. The molecular weight excluding hydrogens is 208 g/mol. The first-order valence-corrected chi connectivity index (χ1v) is 5.31. The molecule has 0 aromatic heterocycles. The van der Waals surface area contributed by atoms with E-state index in [1.54, 1.807) is 12.2 Å². The molecular formula is C15H22N2. The maximum Gasteiger partial charge on any atom is 0.0241 e. The molecule has 0 saturated carbocycles. The Morgan fingerprint density at radius 1 is 0.765 bits per heavy atom. The van der Waals surface area contributed by atoms with E-state index >= 15 is 0 Å². The summed E-state index contributed by atoms with van der Waals surface area (Å²) < 4.78 is 0. The number of hydrogen-bond acceptors (Lipinski definition) is 2. The summed E-state index contributed by atoms with van der Waals surface area (Å²) in [6.07, 6.45) is 7.14. The van der Waals surface area contributed by atoms with Gasteiger partial charge < -0.3 is 11.5 Å². The summed E-state index contributed by atoms with van der Waals surface area (Å²) in [5.74, 6) is 0. The Morgan fingerprint density at radius 3 is 1.29 bits per heavy atom. The molecule has 0 spiro atoms. The van der Waals surface area contributed by atoms with Gasteiger partial charge in [0.25, 0.3) is 0 Å². The van der Waals surface area contributed by atoms with E-state index in [1.807, 2.05) is 26.0 Å². The van der Waals surface area contributed by atoms with Gasteiger partial charge in [0.15, 0.2) is 0 Å². The molecule has 0 aliphatic carbocycles. The second-order valence-electron chi connectivity index (χ2n) is 4.49. The second kappa shape index (κ2) is 5.94. The van der Waals surface area contributed by atoms with Gasteiger partial charge in [0, 0.05) is 16.8 Å². The zero-order valence-electron chi connectivity index (χ0n) is 10.8. The topological polar surface area (TPSA) is 52.0 Å². The molecule has 2 heteroatoms. The van der Waals surface area contributed by atoms with Crippen LogP contribution in [0.3, 0.4) is 0 Å².